The molecule has 0 bridgehead atoms. The van der Waals surface area contributed by atoms with E-state index in [0.29, 0.717) is 13.0 Å². The van der Waals surface area contributed by atoms with E-state index in [9.17, 15) is 18.5 Å². The summed E-state index contributed by atoms with van der Waals surface area (Å²) in [5.41, 5.74) is -0.326. The molecular weight excluding hydrogens is 306 g/mol. The Morgan fingerprint density at radius 3 is 2.40 bits per heavy atom. The zero-order valence-corrected chi connectivity index (χ0v) is 13.0. The number of ether oxygens (including phenoxy) is 1. The number of nitro groups is 1. The number of halogens is 1. The highest BCUT2D eigenvalue weighted by Gasteiger charge is 2.22. The average molecular weight is 322 g/mol. The third-order valence-corrected chi connectivity index (χ3v) is 3.85. The first-order valence-corrected chi connectivity index (χ1v) is 8.17. The molecule has 0 N–H and O–H groups in total. The van der Waals surface area contributed by atoms with Crippen LogP contribution in [0.3, 0.4) is 0 Å². The predicted octanol–water partition coefficient (Wildman–Crippen LogP) is 3.34. The molecule has 0 aliphatic heterocycles. The lowest BCUT2D eigenvalue weighted by atomic mass is 9.93. The number of nitrogens with zero attached hydrogens (tertiary/aromatic N) is 1. The normalized spacial score (nSPS) is 12.2. The number of hydrogen-bond donors (Lipinski definition) is 0. The van der Waals surface area contributed by atoms with E-state index in [1.807, 2.05) is 20.8 Å². The van der Waals surface area contributed by atoms with Crippen LogP contribution < -0.4 is 4.74 Å². The SMILES string of the molecule is CC(C)(C)CCOc1ccc([N+](=O)[O-])cc1S(=O)(=O)Cl. The maximum absolute atomic E-state index is 11.5. The van der Waals surface area contributed by atoms with Gasteiger partial charge in [-0.2, -0.15) is 0 Å². The molecule has 0 aliphatic rings. The van der Waals surface area contributed by atoms with Gasteiger partial charge in [-0.3, -0.25) is 10.1 Å². The molecule has 0 saturated carbocycles. The van der Waals surface area contributed by atoms with Gasteiger partial charge in [0.05, 0.1) is 11.5 Å². The first kappa shape index (κ1) is 16.7. The van der Waals surface area contributed by atoms with E-state index in [4.69, 9.17) is 15.4 Å². The number of hydrogen-bond acceptors (Lipinski definition) is 5. The first-order valence-electron chi connectivity index (χ1n) is 5.86. The van der Waals surface area contributed by atoms with Crippen molar-refractivity contribution in [3.05, 3.63) is 28.3 Å². The smallest absolute Gasteiger partial charge is 0.271 e. The molecule has 0 amide bonds. The molecule has 0 aromatic heterocycles. The third kappa shape index (κ3) is 4.97. The van der Waals surface area contributed by atoms with Gasteiger partial charge in [-0.1, -0.05) is 20.8 Å². The van der Waals surface area contributed by atoms with E-state index in [1.165, 1.54) is 12.1 Å². The second-order valence-electron chi connectivity index (χ2n) is 5.49. The third-order valence-electron chi connectivity index (χ3n) is 2.51. The minimum Gasteiger partial charge on any atom is -0.492 e. The van der Waals surface area contributed by atoms with Crippen LogP contribution in [0.4, 0.5) is 5.69 Å². The minimum absolute atomic E-state index is 0.0230. The van der Waals surface area contributed by atoms with Gasteiger partial charge in [0, 0.05) is 22.8 Å². The van der Waals surface area contributed by atoms with Gasteiger partial charge in [-0.05, 0) is 17.9 Å². The fraction of sp³-hybridized carbons (Fsp3) is 0.500. The highest BCUT2D eigenvalue weighted by atomic mass is 35.7. The Morgan fingerprint density at radius 2 is 1.95 bits per heavy atom. The van der Waals surface area contributed by atoms with Crippen molar-refractivity contribution in [2.45, 2.75) is 32.1 Å². The number of rotatable bonds is 5. The summed E-state index contributed by atoms with van der Waals surface area (Å²) in [7, 11) is 1.17. The highest BCUT2D eigenvalue weighted by Crippen LogP contribution is 2.31. The van der Waals surface area contributed by atoms with E-state index < -0.39 is 14.0 Å². The largest absolute Gasteiger partial charge is 0.492 e. The summed E-state index contributed by atoms with van der Waals surface area (Å²) in [5, 5.41) is 10.7. The second-order valence-corrected chi connectivity index (χ2v) is 8.02. The Kier molecular flexibility index (Phi) is 4.99. The molecule has 0 spiro atoms. The minimum atomic E-state index is -4.11. The van der Waals surface area contributed by atoms with Crippen molar-refractivity contribution < 1.29 is 18.1 Å². The Balaban J connectivity index is 3.04. The van der Waals surface area contributed by atoms with Crippen molar-refractivity contribution in [2.24, 2.45) is 5.41 Å². The van der Waals surface area contributed by atoms with Gasteiger partial charge >= 0.3 is 0 Å². The topological polar surface area (TPSA) is 86.5 Å². The quantitative estimate of drug-likeness (QED) is 0.471. The Labute approximate surface area is 122 Å². The lowest BCUT2D eigenvalue weighted by Crippen LogP contribution is -2.12. The van der Waals surface area contributed by atoms with Gasteiger partial charge in [0.25, 0.3) is 14.7 Å². The average Bonchev–Trinajstić information content (AvgIpc) is 2.25. The van der Waals surface area contributed by atoms with E-state index in [1.54, 1.807) is 0 Å². The molecule has 0 aliphatic carbocycles. The summed E-state index contributed by atoms with van der Waals surface area (Å²) in [4.78, 5) is 9.59. The molecule has 0 unspecified atom stereocenters. The molecule has 20 heavy (non-hydrogen) atoms. The Hall–Kier alpha value is -1.34. The van der Waals surface area contributed by atoms with Crippen molar-refractivity contribution in [3.8, 4) is 5.75 Å². The van der Waals surface area contributed by atoms with Gasteiger partial charge in [0.2, 0.25) is 0 Å². The van der Waals surface area contributed by atoms with Gasteiger partial charge in [0.1, 0.15) is 10.6 Å². The van der Waals surface area contributed by atoms with Crippen molar-refractivity contribution in [1.29, 1.82) is 0 Å². The molecule has 0 atom stereocenters. The molecule has 1 rings (SSSR count). The Morgan fingerprint density at radius 1 is 1.35 bits per heavy atom. The number of benzene rings is 1. The molecular formula is C12H16ClNO5S. The summed E-state index contributed by atoms with van der Waals surface area (Å²) in [6, 6.07) is 3.32. The lowest BCUT2D eigenvalue weighted by molar-refractivity contribution is -0.385. The van der Waals surface area contributed by atoms with Crippen LogP contribution >= 0.6 is 10.7 Å². The highest BCUT2D eigenvalue weighted by molar-refractivity contribution is 8.13. The van der Waals surface area contributed by atoms with Gasteiger partial charge in [0.15, 0.2) is 0 Å². The summed E-state index contributed by atoms with van der Waals surface area (Å²) in [6.45, 7) is 6.35. The molecule has 1 aromatic rings. The molecule has 0 heterocycles. The van der Waals surface area contributed by atoms with Crippen LogP contribution in [-0.4, -0.2) is 19.9 Å². The van der Waals surface area contributed by atoms with Gasteiger partial charge in [-0.15, -0.1) is 0 Å². The fourth-order valence-electron chi connectivity index (χ4n) is 1.39. The van der Waals surface area contributed by atoms with Crippen LogP contribution in [0.2, 0.25) is 0 Å². The van der Waals surface area contributed by atoms with E-state index in [2.05, 4.69) is 0 Å². The number of nitro benzene ring substituents is 1. The maximum Gasteiger partial charge on any atom is 0.271 e. The van der Waals surface area contributed by atoms with Crippen molar-refractivity contribution in [1.82, 2.24) is 0 Å². The van der Waals surface area contributed by atoms with Crippen LogP contribution in [0.15, 0.2) is 23.1 Å². The number of non-ortho nitro benzene ring substituents is 1. The lowest BCUT2D eigenvalue weighted by Gasteiger charge is -2.18. The van der Waals surface area contributed by atoms with Crippen LogP contribution in [0.25, 0.3) is 0 Å². The van der Waals surface area contributed by atoms with Gasteiger partial charge < -0.3 is 4.74 Å². The van der Waals surface area contributed by atoms with E-state index in [-0.39, 0.29) is 21.7 Å². The molecule has 1 aromatic carbocycles. The maximum atomic E-state index is 11.5. The molecule has 112 valence electrons. The zero-order chi connectivity index (χ0) is 15.6. The van der Waals surface area contributed by atoms with Crippen LogP contribution in [0.1, 0.15) is 27.2 Å². The van der Waals surface area contributed by atoms with Crippen LogP contribution in [-0.2, 0) is 9.05 Å². The summed E-state index contributed by atoms with van der Waals surface area (Å²) in [5.74, 6) is 0.0230. The fourth-order valence-corrected chi connectivity index (χ4v) is 2.38. The molecule has 0 radical (unpaired) electrons. The second kappa shape index (κ2) is 5.97. The molecule has 6 nitrogen and oxygen atoms in total. The first-order chi connectivity index (χ1) is 9.00. The van der Waals surface area contributed by atoms with Crippen molar-refractivity contribution >= 4 is 25.4 Å². The predicted molar refractivity (Wildman–Crippen MR) is 75.7 cm³/mol. The summed E-state index contributed by atoms with van der Waals surface area (Å²) in [6.07, 6.45) is 0.700. The summed E-state index contributed by atoms with van der Waals surface area (Å²) >= 11 is 0. The van der Waals surface area contributed by atoms with Gasteiger partial charge in [-0.25, -0.2) is 8.42 Å². The van der Waals surface area contributed by atoms with E-state index >= 15 is 0 Å². The molecule has 8 heteroatoms. The molecule has 0 saturated heterocycles. The summed E-state index contributed by atoms with van der Waals surface area (Å²) < 4.78 is 28.3. The van der Waals surface area contributed by atoms with Crippen LogP contribution in [0, 0.1) is 15.5 Å². The van der Waals surface area contributed by atoms with E-state index in [0.717, 1.165) is 6.07 Å². The van der Waals surface area contributed by atoms with Crippen molar-refractivity contribution in [3.63, 3.8) is 0 Å². The molecule has 0 fully saturated rings. The van der Waals surface area contributed by atoms with Crippen LogP contribution in [0.5, 0.6) is 5.75 Å². The zero-order valence-electron chi connectivity index (χ0n) is 11.4. The standard InChI is InChI=1S/C12H16ClNO5S/c1-12(2,3)6-7-19-10-5-4-9(14(15)16)8-11(10)20(13,17)18/h4-5,8H,6-7H2,1-3H3. The Bertz CT molecular complexity index is 607. The monoisotopic (exact) mass is 321 g/mol. The van der Waals surface area contributed by atoms with Crippen molar-refractivity contribution in [2.75, 3.05) is 6.61 Å².